The van der Waals surface area contributed by atoms with E-state index in [0.29, 0.717) is 11.8 Å². The summed E-state index contributed by atoms with van der Waals surface area (Å²) in [6.45, 7) is 6.47. The maximum Gasteiger partial charge on any atom is 0.120 e. The summed E-state index contributed by atoms with van der Waals surface area (Å²) in [5, 5.41) is 13.5. The molecule has 1 fully saturated rings. The smallest absolute Gasteiger partial charge is 0.120 e. The lowest BCUT2D eigenvalue weighted by atomic mass is 9.98. The fraction of sp³-hybridized carbons (Fsp3) is 0.600. The van der Waals surface area contributed by atoms with Crippen LogP contribution in [-0.2, 0) is 0 Å². The van der Waals surface area contributed by atoms with Crippen molar-refractivity contribution in [1.29, 1.82) is 0 Å². The standard InChI is InChI=1S/C15H24N2O/c1-2-3-7-14(17-11-9-16-10-12-17)13-6-4-5-8-15(13)18/h4-6,8,14,16,18H,2-3,7,9-12H2,1H3/t14-/m1/s1. The van der Waals surface area contributed by atoms with Gasteiger partial charge in [0, 0.05) is 37.8 Å². The molecule has 3 nitrogen and oxygen atoms in total. The predicted molar refractivity (Wildman–Crippen MR) is 74.8 cm³/mol. The van der Waals surface area contributed by atoms with Crippen LogP contribution in [0, 0.1) is 0 Å². The maximum absolute atomic E-state index is 10.1. The third kappa shape index (κ3) is 3.24. The fourth-order valence-electron chi connectivity index (χ4n) is 2.70. The zero-order chi connectivity index (χ0) is 12.8. The molecule has 2 N–H and O–H groups in total. The Morgan fingerprint density at radius 1 is 1.28 bits per heavy atom. The molecule has 0 aliphatic carbocycles. The number of unbranched alkanes of at least 4 members (excludes halogenated alkanes) is 1. The third-order valence-corrected chi connectivity index (χ3v) is 3.72. The molecule has 0 aromatic heterocycles. The van der Waals surface area contributed by atoms with Crippen molar-refractivity contribution in [3.8, 4) is 5.75 Å². The van der Waals surface area contributed by atoms with Crippen molar-refractivity contribution in [3.63, 3.8) is 0 Å². The van der Waals surface area contributed by atoms with Crippen LogP contribution in [0.1, 0.15) is 37.8 Å². The highest BCUT2D eigenvalue weighted by molar-refractivity contribution is 5.34. The summed E-state index contributed by atoms with van der Waals surface area (Å²) in [7, 11) is 0. The summed E-state index contributed by atoms with van der Waals surface area (Å²) in [6.07, 6.45) is 3.55. The molecule has 0 radical (unpaired) electrons. The topological polar surface area (TPSA) is 35.5 Å². The second kappa shape index (κ2) is 6.76. The SMILES string of the molecule is CCCC[C@H](c1ccccc1O)N1CCNCC1. The van der Waals surface area contributed by atoms with Crippen LogP contribution in [0.3, 0.4) is 0 Å². The number of rotatable bonds is 5. The second-order valence-corrected chi connectivity index (χ2v) is 5.00. The van der Waals surface area contributed by atoms with Crippen LogP contribution in [-0.4, -0.2) is 36.2 Å². The van der Waals surface area contributed by atoms with Gasteiger partial charge in [-0.15, -0.1) is 0 Å². The number of hydrogen-bond acceptors (Lipinski definition) is 3. The van der Waals surface area contributed by atoms with Crippen LogP contribution in [0.5, 0.6) is 5.75 Å². The van der Waals surface area contributed by atoms with E-state index in [4.69, 9.17) is 0 Å². The Balaban J connectivity index is 2.15. The van der Waals surface area contributed by atoms with Crippen molar-refractivity contribution < 1.29 is 5.11 Å². The number of aromatic hydroxyl groups is 1. The van der Waals surface area contributed by atoms with Gasteiger partial charge in [-0.2, -0.15) is 0 Å². The van der Waals surface area contributed by atoms with Gasteiger partial charge in [0.1, 0.15) is 5.75 Å². The van der Waals surface area contributed by atoms with Gasteiger partial charge < -0.3 is 10.4 Å². The van der Waals surface area contributed by atoms with Gasteiger partial charge in [-0.25, -0.2) is 0 Å². The van der Waals surface area contributed by atoms with E-state index < -0.39 is 0 Å². The molecule has 1 aromatic rings. The van der Waals surface area contributed by atoms with Gasteiger partial charge in [0.15, 0.2) is 0 Å². The Hall–Kier alpha value is -1.06. The Bertz CT molecular complexity index is 361. The highest BCUT2D eigenvalue weighted by Gasteiger charge is 2.23. The number of nitrogens with one attached hydrogen (secondary N) is 1. The van der Waals surface area contributed by atoms with Crippen molar-refractivity contribution in [1.82, 2.24) is 10.2 Å². The molecule has 1 atom stereocenters. The first kappa shape index (κ1) is 13.4. The first-order valence-electron chi connectivity index (χ1n) is 7.05. The summed E-state index contributed by atoms with van der Waals surface area (Å²) >= 11 is 0. The van der Waals surface area contributed by atoms with E-state index >= 15 is 0 Å². The predicted octanol–water partition coefficient (Wildman–Crippen LogP) is 2.53. The zero-order valence-corrected chi connectivity index (χ0v) is 11.2. The molecular formula is C15H24N2O. The normalized spacial score (nSPS) is 18.7. The number of phenols is 1. The molecule has 1 aliphatic rings. The largest absolute Gasteiger partial charge is 0.508 e. The number of para-hydroxylation sites is 1. The number of phenolic OH excluding ortho intramolecular Hbond substituents is 1. The van der Waals surface area contributed by atoms with E-state index in [2.05, 4.69) is 23.2 Å². The van der Waals surface area contributed by atoms with Crippen molar-refractivity contribution in [2.45, 2.75) is 32.2 Å². The van der Waals surface area contributed by atoms with E-state index in [-0.39, 0.29) is 0 Å². The molecule has 18 heavy (non-hydrogen) atoms. The van der Waals surface area contributed by atoms with E-state index in [0.717, 1.165) is 38.2 Å². The molecule has 1 aromatic carbocycles. The average Bonchev–Trinajstić information content (AvgIpc) is 2.42. The molecule has 1 saturated heterocycles. The van der Waals surface area contributed by atoms with Gasteiger partial charge in [0.2, 0.25) is 0 Å². The van der Waals surface area contributed by atoms with Crippen LogP contribution in [0.2, 0.25) is 0 Å². The van der Waals surface area contributed by atoms with Gasteiger partial charge in [-0.3, -0.25) is 4.90 Å². The average molecular weight is 248 g/mol. The van der Waals surface area contributed by atoms with Gasteiger partial charge in [0.05, 0.1) is 0 Å². The van der Waals surface area contributed by atoms with Crippen LogP contribution in [0.4, 0.5) is 0 Å². The summed E-state index contributed by atoms with van der Waals surface area (Å²) in [5.41, 5.74) is 1.09. The first-order valence-corrected chi connectivity index (χ1v) is 7.05. The van der Waals surface area contributed by atoms with Gasteiger partial charge in [-0.1, -0.05) is 38.0 Å². The molecule has 1 heterocycles. The lowest BCUT2D eigenvalue weighted by Gasteiger charge is -2.35. The van der Waals surface area contributed by atoms with Gasteiger partial charge in [-0.05, 0) is 12.5 Å². The van der Waals surface area contributed by atoms with Crippen molar-refractivity contribution in [2.24, 2.45) is 0 Å². The molecule has 0 spiro atoms. The van der Waals surface area contributed by atoms with E-state index in [1.54, 1.807) is 6.07 Å². The minimum Gasteiger partial charge on any atom is -0.508 e. The minimum atomic E-state index is 0.369. The van der Waals surface area contributed by atoms with Gasteiger partial charge in [0.25, 0.3) is 0 Å². The molecular weight excluding hydrogens is 224 g/mol. The van der Waals surface area contributed by atoms with Crippen LogP contribution < -0.4 is 5.32 Å². The number of piperazine rings is 1. The molecule has 3 heteroatoms. The minimum absolute atomic E-state index is 0.369. The number of nitrogens with zero attached hydrogens (tertiary/aromatic N) is 1. The van der Waals surface area contributed by atoms with E-state index in [1.165, 1.54) is 12.8 Å². The van der Waals surface area contributed by atoms with Crippen LogP contribution >= 0.6 is 0 Å². The Morgan fingerprint density at radius 2 is 2.00 bits per heavy atom. The number of benzene rings is 1. The Labute approximate surface area is 110 Å². The molecule has 1 aliphatic heterocycles. The first-order chi connectivity index (χ1) is 8.83. The highest BCUT2D eigenvalue weighted by atomic mass is 16.3. The monoisotopic (exact) mass is 248 g/mol. The lowest BCUT2D eigenvalue weighted by Crippen LogP contribution is -2.45. The summed E-state index contributed by atoms with van der Waals surface area (Å²) in [5.74, 6) is 0.442. The molecule has 100 valence electrons. The lowest BCUT2D eigenvalue weighted by molar-refractivity contribution is 0.160. The summed E-state index contributed by atoms with van der Waals surface area (Å²) < 4.78 is 0. The summed E-state index contributed by atoms with van der Waals surface area (Å²) in [6, 6.07) is 8.16. The van der Waals surface area contributed by atoms with E-state index in [9.17, 15) is 5.11 Å². The van der Waals surface area contributed by atoms with Crippen molar-refractivity contribution >= 4 is 0 Å². The van der Waals surface area contributed by atoms with Gasteiger partial charge >= 0.3 is 0 Å². The number of hydrogen-bond donors (Lipinski definition) is 2. The van der Waals surface area contributed by atoms with E-state index in [1.807, 2.05) is 12.1 Å². The molecule has 0 amide bonds. The Morgan fingerprint density at radius 3 is 2.67 bits per heavy atom. The molecule has 0 bridgehead atoms. The highest BCUT2D eigenvalue weighted by Crippen LogP contribution is 2.32. The van der Waals surface area contributed by atoms with Crippen LogP contribution in [0.25, 0.3) is 0 Å². The molecule has 0 saturated carbocycles. The molecule has 0 unspecified atom stereocenters. The second-order valence-electron chi connectivity index (χ2n) is 5.00. The maximum atomic E-state index is 10.1. The van der Waals surface area contributed by atoms with Crippen molar-refractivity contribution in [3.05, 3.63) is 29.8 Å². The zero-order valence-electron chi connectivity index (χ0n) is 11.2. The third-order valence-electron chi connectivity index (χ3n) is 3.72. The Kier molecular flexibility index (Phi) is 5.02. The summed E-state index contributed by atoms with van der Waals surface area (Å²) in [4.78, 5) is 2.50. The fourth-order valence-corrected chi connectivity index (χ4v) is 2.70. The van der Waals surface area contributed by atoms with Crippen LogP contribution in [0.15, 0.2) is 24.3 Å². The quantitative estimate of drug-likeness (QED) is 0.840. The van der Waals surface area contributed by atoms with Crippen molar-refractivity contribution in [2.75, 3.05) is 26.2 Å². The molecule has 2 rings (SSSR count).